The van der Waals surface area contributed by atoms with Gasteiger partial charge in [-0.25, -0.2) is 16.1 Å². The minimum Gasteiger partial charge on any atom is -0.454 e. The number of ether oxygens (including phenoxy) is 2. The van der Waals surface area contributed by atoms with Crippen molar-refractivity contribution in [3.8, 4) is 0 Å². The molecule has 2 aromatic rings. The van der Waals surface area contributed by atoms with Crippen molar-refractivity contribution in [2.24, 2.45) is 0 Å². The molecule has 0 saturated carbocycles. The summed E-state index contributed by atoms with van der Waals surface area (Å²) in [6, 6.07) is 3.24. The van der Waals surface area contributed by atoms with Gasteiger partial charge in [0, 0.05) is 6.92 Å². The molecule has 10 heteroatoms. The third-order valence-corrected chi connectivity index (χ3v) is 3.90. The molecule has 10 nitrogen and oxygen atoms in total. The first-order valence-corrected chi connectivity index (χ1v) is 7.03. The maximum atomic E-state index is 11.0. The summed E-state index contributed by atoms with van der Waals surface area (Å²) >= 11 is 0. The van der Waals surface area contributed by atoms with Crippen LogP contribution >= 0.6 is 0 Å². The quantitative estimate of drug-likeness (QED) is 0.494. The predicted octanol–water partition coefficient (Wildman–Crippen LogP) is -0.717. The van der Waals surface area contributed by atoms with Gasteiger partial charge in [0.25, 0.3) is 0 Å². The first kappa shape index (κ1) is 16.1. The molecule has 126 valence electrons. The zero-order valence-corrected chi connectivity index (χ0v) is 12.7. The molecule has 0 unspecified atom stereocenters. The summed E-state index contributed by atoms with van der Waals surface area (Å²) in [6.07, 6.45) is -2.79. The van der Waals surface area contributed by atoms with Gasteiger partial charge < -0.3 is 20.7 Å². The van der Waals surface area contributed by atoms with E-state index < -0.39 is 36.6 Å². The zero-order chi connectivity index (χ0) is 17.5. The summed E-state index contributed by atoms with van der Waals surface area (Å²) in [5.74, 6) is -0.388. The molecule has 0 amide bonds. The van der Waals surface area contributed by atoms with Crippen LogP contribution in [0.1, 0.15) is 18.7 Å². The molecule has 2 aromatic heterocycles. The molecule has 0 radical (unpaired) electrons. The van der Waals surface area contributed by atoms with Gasteiger partial charge in [0.2, 0.25) is 0 Å². The van der Waals surface area contributed by atoms with Crippen molar-refractivity contribution in [3.05, 3.63) is 35.6 Å². The second-order valence-corrected chi connectivity index (χ2v) is 5.41. The van der Waals surface area contributed by atoms with E-state index in [0.717, 1.165) is 0 Å². The highest BCUT2D eigenvalue weighted by Gasteiger charge is 2.62. The summed E-state index contributed by atoms with van der Waals surface area (Å²) < 4.78 is 11.8. The minimum absolute atomic E-state index is 0.237. The predicted molar refractivity (Wildman–Crippen MR) is 79.2 cm³/mol. The SMILES string of the molecule is [C-]#[N+][C@]1(COC(C)=O)O[C@@H](c2ccc3c(N)ncnn23)[C@H](O)[C@@H]1O. The van der Waals surface area contributed by atoms with Crippen LogP contribution in [0.3, 0.4) is 0 Å². The van der Waals surface area contributed by atoms with Crippen LogP contribution in [0.15, 0.2) is 18.5 Å². The van der Waals surface area contributed by atoms with E-state index in [-0.39, 0.29) is 5.82 Å². The third kappa shape index (κ3) is 2.35. The number of hydrogen-bond acceptors (Lipinski definition) is 8. The maximum absolute atomic E-state index is 11.0. The molecule has 0 aliphatic carbocycles. The number of carbonyl (C=O) groups excluding carboxylic acids is 1. The highest BCUT2D eigenvalue weighted by atomic mass is 16.6. The molecular formula is C14H15N5O5. The second kappa shape index (κ2) is 5.72. The van der Waals surface area contributed by atoms with E-state index in [1.807, 2.05) is 0 Å². The van der Waals surface area contributed by atoms with Crippen molar-refractivity contribution in [2.45, 2.75) is 31.0 Å². The fraction of sp³-hybridized carbons (Fsp3) is 0.429. The minimum atomic E-state index is -1.89. The Morgan fingerprint density at radius 3 is 3.00 bits per heavy atom. The Kier molecular flexibility index (Phi) is 3.84. The fourth-order valence-corrected chi connectivity index (χ4v) is 2.66. The Bertz CT molecular complexity index is 831. The molecule has 0 spiro atoms. The normalized spacial score (nSPS) is 29.5. The lowest BCUT2D eigenvalue weighted by atomic mass is 10.0. The number of anilines is 1. The molecular weight excluding hydrogens is 318 g/mol. The molecule has 1 saturated heterocycles. The molecule has 24 heavy (non-hydrogen) atoms. The fourth-order valence-electron chi connectivity index (χ4n) is 2.66. The Morgan fingerprint density at radius 1 is 1.58 bits per heavy atom. The standard InChI is InChI=1S/C14H15N5O5/c1-7(20)23-5-14(16-2)12(22)10(21)11(24-14)8-3-4-9-13(15)17-6-18-19(8)9/h3-4,6,10-12,21-22H,5H2,1H3,(H2,15,17,18)/t10-,11-,12-,14+/m0/s1. The summed E-state index contributed by atoms with van der Waals surface area (Å²) in [5.41, 5.74) is 4.76. The zero-order valence-electron chi connectivity index (χ0n) is 12.7. The summed E-state index contributed by atoms with van der Waals surface area (Å²) in [5, 5.41) is 24.7. The number of fused-ring (bicyclic) bond motifs is 1. The highest BCUT2D eigenvalue weighted by molar-refractivity contribution is 5.66. The Labute approximate surface area is 136 Å². The smallest absolute Gasteiger partial charge is 0.400 e. The summed E-state index contributed by atoms with van der Waals surface area (Å²) in [4.78, 5) is 18.1. The first-order chi connectivity index (χ1) is 11.4. The van der Waals surface area contributed by atoms with Crippen molar-refractivity contribution in [1.82, 2.24) is 14.6 Å². The van der Waals surface area contributed by atoms with E-state index >= 15 is 0 Å². The summed E-state index contributed by atoms with van der Waals surface area (Å²) in [7, 11) is 0. The highest BCUT2D eigenvalue weighted by Crippen LogP contribution is 2.41. The Morgan fingerprint density at radius 2 is 2.33 bits per heavy atom. The average molecular weight is 333 g/mol. The van der Waals surface area contributed by atoms with Crippen molar-refractivity contribution in [2.75, 3.05) is 12.3 Å². The van der Waals surface area contributed by atoms with Crippen molar-refractivity contribution < 1.29 is 24.5 Å². The molecule has 0 bridgehead atoms. The molecule has 0 aromatic carbocycles. The molecule has 1 aliphatic rings. The first-order valence-electron chi connectivity index (χ1n) is 7.03. The maximum Gasteiger partial charge on any atom is 0.400 e. The van der Waals surface area contributed by atoms with E-state index in [2.05, 4.69) is 14.9 Å². The van der Waals surface area contributed by atoms with Gasteiger partial charge in [-0.1, -0.05) is 0 Å². The van der Waals surface area contributed by atoms with Gasteiger partial charge in [-0.3, -0.25) is 14.4 Å². The number of hydrogen-bond donors (Lipinski definition) is 3. The van der Waals surface area contributed by atoms with Gasteiger partial charge in [-0.2, -0.15) is 5.10 Å². The second-order valence-electron chi connectivity index (χ2n) is 5.41. The number of nitrogen functional groups attached to an aromatic ring is 1. The lowest BCUT2D eigenvalue weighted by Gasteiger charge is -2.18. The molecule has 3 rings (SSSR count). The molecule has 1 aliphatic heterocycles. The number of aliphatic hydroxyl groups excluding tert-OH is 2. The van der Waals surface area contributed by atoms with Crippen molar-refractivity contribution in [3.63, 3.8) is 0 Å². The molecule has 4 N–H and O–H groups in total. The molecule has 3 heterocycles. The number of rotatable bonds is 3. The van der Waals surface area contributed by atoms with Crippen LogP contribution < -0.4 is 5.73 Å². The Balaban J connectivity index is 1.98. The monoisotopic (exact) mass is 333 g/mol. The van der Waals surface area contributed by atoms with Crippen LogP contribution in [0.4, 0.5) is 5.82 Å². The van der Waals surface area contributed by atoms with Crippen LogP contribution in [0.2, 0.25) is 0 Å². The summed E-state index contributed by atoms with van der Waals surface area (Å²) in [6.45, 7) is 7.99. The third-order valence-electron chi connectivity index (χ3n) is 3.90. The van der Waals surface area contributed by atoms with Crippen LogP contribution in [0.25, 0.3) is 10.4 Å². The van der Waals surface area contributed by atoms with Crippen molar-refractivity contribution >= 4 is 17.3 Å². The topological polar surface area (TPSA) is 137 Å². The average Bonchev–Trinajstić information content (AvgIpc) is 3.09. The van der Waals surface area contributed by atoms with Gasteiger partial charge in [0.1, 0.15) is 24.1 Å². The van der Waals surface area contributed by atoms with Crippen LogP contribution in [0, 0.1) is 6.57 Å². The Hall–Kier alpha value is -2.74. The number of aliphatic hydroxyl groups is 2. The van der Waals surface area contributed by atoms with E-state index in [1.54, 1.807) is 12.1 Å². The molecule has 1 fully saturated rings. The lowest BCUT2D eigenvalue weighted by Crippen LogP contribution is -2.44. The van der Waals surface area contributed by atoms with Crippen LogP contribution in [0.5, 0.6) is 0 Å². The van der Waals surface area contributed by atoms with E-state index in [0.29, 0.717) is 11.2 Å². The lowest BCUT2D eigenvalue weighted by molar-refractivity contribution is -0.153. The van der Waals surface area contributed by atoms with Gasteiger partial charge in [0.05, 0.1) is 5.69 Å². The van der Waals surface area contributed by atoms with Crippen molar-refractivity contribution in [1.29, 1.82) is 0 Å². The van der Waals surface area contributed by atoms with E-state index in [9.17, 15) is 15.0 Å². The van der Waals surface area contributed by atoms with Crippen LogP contribution in [-0.4, -0.2) is 55.3 Å². The van der Waals surface area contributed by atoms with Gasteiger partial charge in [-0.15, -0.1) is 0 Å². The van der Waals surface area contributed by atoms with Gasteiger partial charge in [0.15, 0.2) is 18.5 Å². The number of nitrogens with zero attached hydrogens (tertiary/aromatic N) is 4. The number of esters is 1. The van der Waals surface area contributed by atoms with Gasteiger partial charge >= 0.3 is 11.7 Å². The number of carbonyl (C=O) groups is 1. The number of nitrogens with two attached hydrogens (primary N) is 1. The van der Waals surface area contributed by atoms with Crippen LogP contribution in [-0.2, 0) is 14.3 Å². The van der Waals surface area contributed by atoms with Gasteiger partial charge in [-0.05, 0) is 12.1 Å². The molecule has 4 atom stereocenters. The van der Waals surface area contributed by atoms with E-state index in [1.165, 1.54) is 17.8 Å². The largest absolute Gasteiger partial charge is 0.454 e. The van der Waals surface area contributed by atoms with E-state index in [4.69, 9.17) is 21.8 Å². The number of aromatic nitrogens is 3.